The van der Waals surface area contributed by atoms with Crippen LogP contribution in [0.3, 0.4) is 0 Å². The molecule has 6 atom stereocenters. The smallest absolute Gasteiger partial charge is 0.00424 e. The fourth-order valence-corrected chi connectivity index (χ4v) is 8.24. The van der Waals surface area contributed by atoms with Crippen LogP contribution in [0.5, 0.6) is 0 Å². The monoisotopic (exact) mass is 374 g/mol. The summed E-state index contributed by atoms with van der Waals surface area (Å²) in [5.74, 6) is 3.27. The number of benzene rings is 1. The summed E-state index contributed by atoms with van der Waals surface area (Å²) in [7, 11) is 0. The van der Waals surface area contributed by atoms with Gasteiger partial charge >= 0.3 is 0 Å². The van der Waals surface area contributed by atoms with Gasteiger partial charge in [0.15, 0.2) is 0 Å². The van der Waals surface area contributed by atoms with Gasteiger partial charge in [0.25, 0.3) is 0 Å². The molecular formula is C28H38. The van der Waals surface area contributed by atoms with E-state index in [2.05, 4.69) is 70.7 Å². The average molecular weight is 375 g/mol. The van der Waals surface area contributed by atoms with Crippen LogP contribution in [0.2, 0.25) is 0 Å². The summed E-state index contributed by atoms with van der Waals surface area (Å²) in [5.41, 5.74) is 6.12. The van der Waals surface area contributed by atoms with E-state index in [9.17, 15) is 0 Å². The zero-order chi connectivity index (χ0) is 19.7. The zero-order valence-electron chi connectivity index (χ0n) is 18.4. The summed E-state index contributed by atoms with van der Waals surface area (Å²) >= 11 is 0. The Labute approximate surface area is 172 Å². The molecule has 4 aliphatic rings. The molecule has 0 radical (unpaired) electrons. The largest absolute Gasteiger partial charge is 0.0955 e. The lowest BCUT2D eigenvalue weighted by molar-refractivity contribution is 0.0706. The van der Waals surface area contributed by atoms with Crippen molar-refractivity contribution >= 4 is 0 Å². The first kappa shape index (κ1) is 18.7. The van der Waals surface area contributed by atoms with E-state index in [4.69, 9.17) is 0 Å². The van der Waals surface area contributed by atoms with E-state index >= 15 is 0 Å². The van der Waals surface area contributed by atoms with Crippen molar-refractivity contribution in [3.63, 3.8) is 0 Å². The summed E-state index contributed by atoms with van der Waals surface area (Å²) in [6.45, 7) is 14.7. The van der Waals surface area contributed by atoms with E-state index in [-0.39, 0.29) is 0 Å². The Morgan fingerprint density at radius 2 is 1.75 bits per heavy atom. The third-order valence-electron chi connectivity index (χ3n) is 9.83. The molecule has 5 rings (SSSR count). The minimum atomic E-state index is 0.405. The SMILES string of the molecule is C=C1C=C2[C@]3(CC[C@@H](CCc4ccccc4)C3)CC[C@H](C)[C@@]2(C)[C@H]2[C@@H]1C2(C)C. The van der Waals surface area contributed by atoms with Crippen molar-refractivity contribution < 1.29 is 0 Å². The first-order valence-electron chi connectivity index (χ1n) is 11.7. The molecule has 3 fully saturated rings. The highest BCUT2D eigenvalue weighted by Gasteiger charge is 2.71. The Hall–Kier alpha value is -1.30. The van der Waals surface area contributed by atoms with Gasteiger partial charge in [0.05, 0.1) is 0 Å². The van der Waals surface area contributed by atoms with Gasteiger partial charge < -0.3 is 0 Å². The molecular weight excluding hydrogens is 336 g/mol. The molecule has 0 bridgehead atoms. The van der Waals surface area contributed by atoms with E-state index in [1.165, 1.54) is 56.1 Å². The Bertz CT molecular complexity index is 812. The summed E-state index contributed by atoms with van der Waals surface area (Å²) in [6.07, 6.45) is 12.4. The van der Waals surface area contributed by atoms with Crippen LogP contribution < -0.4 is 0 Å². The highest BCUT2D eigenvalue weighted by Crippen LogP contribution is 2.78. The van der Waals surface area contributed by atoms with Gasteiger partial charge in [-0.25, -0.2) is 0 Å². The molecule has 0 aliphatic heterocycles. The number of aryl methyl sites for hydroxylation is 1. The fraction of sp³-hybridized carbons (Fsp3) is 0.643. The van der Waals surface area contributed by atoms with Crippen LogP contribution in [-0.4, -0.2) is 0 Å². The van der Waals surface area contributed by atoms with Crippen LogP contribution in [0.25, 0.3) is 0 Å². The van der Waals surface area contributed by atoms with Crippen molar-refractivity contribution in [2.75, 3.05) is 0 Å². The minimum absolute atomic E-state index is 0.405. The maximum atomic E-state index is 4.55. The van der Waals surface area contributed by atoms with Crippen LogP contribution in [0.1, 0.15) is 71.8 Å². The molecule has 1 spiro atoms. The maximum absolute atomic E-state index is 4.55. The Morgan fingerprint density at radius 3 is 2.50 bits per heavy atom. The van der Waals surface area contributed by atoms with Gasteiger partial charge in [-0.1, -0.05) is 81.8 Å². The van der Waals surface area contributed by atoms with Crippen LogP contribution in [0.15, 0.2) is 54.1 Å². The summed E-state index contributed by atoms with van der Waals surface area (Å²) in [4.78, 5) is 0. The second kappa shape index (κ2) is 6.10. The molecule has 0 amide bonds. The topological polar surface area (TPSA) is 0 Å². The molecule has 0 N–H and O–H groups in total. The third-order valence-corrected chi connectivity index (χ3v) is 9.83. The second-order valence-electron chi connectivity index (χ2n) is 11.5. The Morgan fingerprint density at radius 1 is 1.04 bits per heavy atom. The molecule has 0 saturated heterocycles. The number of allylic oxidation sites excluding steroid dienone is 3. The minimum Gasteiger partial charge on any atom is -0.0955 e. The molecule has 0 aromatic heterocycles. The van der Waals surface area contributed by atoms with Gasteiger partial charge in [-0.05, 0) is 90.4 Å². The molecule has 150 valence electrons. The van der Waals surface area contributed by atoms with E-state index in [0.717, 1.165) is 23.7 Å². The van der Waals surface area contributed by atoms with Crippen LogP contribution in [-0.2, 0) is 6.42 Å². The molecule has 28 heavy (non-hydrogen) atoms. The molecule has 1 aromatic carbocycles. The number of hydrogen-bond acceptors (Lipinski definition) is 0. The van der Waals surface area contributed by atoms with Gasteiger partial charge in [0, 0.05) is 0 Å². The van der Waals surface area contributed by atoms with E-state index in [1.807, 2.05) is 5.57 Å². The standard InChI is InChI=1S/C28H38/c1-19-17-23-27(5,25-24(19)26(25,3)4)20(2)13-15-28(23)16-14-22(18-28)12-11-21-9-7-6-8-10-21/h6-10,17,20,22,24-25H,1,11-16,18H2,2-5H3/t20-,22+,24+,25-,27+,28-/m0/s1. The van der Waals surface area contributed by atoms with Crippen molar-refractivity contribution in [3.05, 3.63) is 59.7 Å². The zero-order valence-corrected chi connectivity index (χ0v) is 18.4. The van der Waals surface area contributed by atoms with Crippen molar-refractivity contribution in [2.24, 2.45) is 39.9 Å². The van der Waals surface area contributed by atoms with E-state index in [0.29, 0.717) is 16.2 Å². The molecule has 0 unspecified atom stereocenters. The van der Waals surface area contributed by atoms with E-state index < -0.39 is 0 Å². The first-order valence-corrected chi connectivity index (χ1v) is 11.7. The van der Waals surface area contributed by atoms with Crippen LogP contribution in [0, 0.1) is 39.9 Å². The van der Waals surface area contributed by atoms with Crippen molar-refractivity contribution in [1.82, 2.24) is 0 Å². The molecule has 1 aromatic rings. The molecule has 0 heterocycles. The predicted octanol–water partition coefficient (Wildman–Crippen LogP) is 7.61. The van der Waals surface area contributed by atoms with Gasteiger partial charge in [-0.15, -0.1) is 0 Å². The highest BCUT2D eigenvalue weighted by molar-refractivity contribution is 5.47. The lowest BCUT2D eigenvalue weighted by atomic mass is 9.50. The summed E-state index contributed by atoms with van der Waals surface area (Å²) in [5, 5.41) is 0. The van der Waals surface area contributed by atoms with Crippen molar-refractivity contribution in [2.45, 2.75) is 72.6 Å². The van der Waals surface area contributed by atoms with Gasteiger partial charge in [-0.3, -0.25) is 0 Å². The molecule has 0 heteroatoms. The van der Waals surface area contributed by atoms with Crippen molar-refractivity contribution in [3.8, 4) is 0 Å². The predicted molar refractivity (Wildman–Crippen MR) is 119 cm³/mol. The van der Waals surface area contributed by atoms with Crippen LogP contribution in [0.4, 0.5) is 0 Å². The van der Waals surface area contributed by atoms with Gasteiger partial charge in [0.1, 0.15) is 0 Å². The second-order valence-corrected chi connectivity index (χ2v) is 11.5. The third kappa shape index (κ3) is 2.49. The first-order chi connectivity index (χ1) is 13.3. The highest BCUT2D eigenvalue weighted by atomic mass is 14.7. The van der Waals surface area contributed by atoms with Crippen molar-refractivity contribution in [1.29, 1.82) is 0 Å². The van der Waals surface area contributed by atoms with Gasteiger partial charge in [0.2, 0.25) is 0 Å². The summed E-state index contributed by atoms with van der Waals surface area (Å²) in [6, 6.07) is 11.1. The van der Waals surface area contributed by atoms with Gasteiger partial charge in [-0.2, -0.15) is 0 Å². The quantitative estimate of drug-likeness (QED) is 0.510. The number of hydrogen-bond donors (Lipinski definition) is 0. The lowest BCUT2D eigenvalue weighted by Gasteiger charge is -2.54. The Kier molecular flexibility index (Phi) is 4.08. The number of rotatable bonds is 3. The molecule has 3 saturated carbocycles. The molecule has 0 nitrogen and oxygen atoms in total. The average Bonchev–Trinajstić information content (AvgIpc) is 3.07. The molecule has 4 aliphatic carbocycles. The maximum Gasteiger partial charge on any atom is -0.00424 e. The number of fused-ring (bicyclic) bond motifs is 4. The van der Waals surface area contributed by atoms with E-state index in [1.54, 1.807) is 0 Å². The lowest BCUT2D eigenvalue weighted by Crippen LogP contribution is -2.45. The summed E-state index contributed by atoms with van der Waals surface area (Å²) < 4.78 is 0. The van der Waals surface area contributed by atoms with Crippen LogP contribution >= 0.6 is 0 Å². The Balaban J connectivity index is 1.39. The normalized spacial score (nSPS) is 43.4. The fourth-order valence-electron chi connectivity index (χ4n) is 8.24.